The molecule has 4 unspecified atom stereocenters. The van der Waals surface area contributed by atoms with E-state index in [0.717, 1.165) is 24.0 Å². The van der Waals surface area contributed by atoms with E-state index in [1.54, 1.807) is 6.26 Å². The maximum absolute atomic E-state index is 5.52. The van der Waals surface area contributed by atoms with Crippen LogP contribution in [0.25, 0.3) is 0 Å². The molecule has 2 rings (SSSR count). The van der Waals surface area contributed by atoms with Crippen molar-refractivity contribution >= 4 is 0 Å². The van der Waals surface area contributed by atoms with E-state index in [-0.39, 0.29) is 0 Å². The van der Waals surface area contributed by atoms with Crippen molar-refractivity contribution in [1.29, 1.82) is 0 Å². The van der Waals surface area contributed by atoms with Gasteiger partial charge in [0.05, 0.1) is 12.3 Å². The van der Waals surface area contributed by atoms with Crippen LogP contribution in [-0.2, 0) is 0 Å². The fourth-order valence-electron chi connectivity index (χ4n) is 3.21. The minimum Gasteiger partial charge on any atom is -0.468 e. The Morgan fingerprint density at radius 1 is 1.41 bits per heavy atom. The molecular formula is C15H25NO. The van der Waals surface area contributed by atoms with Gasteiger partial charge >= 0.3 is 0 Å². The molecule has 2 heteroatoms. The van der Waals surface area contributed by atoms with Crippen LogP contribution in [0.1, 0.15) is 58.3 Å². The standard InChI is InChI=1S/C15H25NO/c1-4-12-8-9-14(11(12)3)16-13(5-2)15-7-6-10-17-15/h6-7,10-14,16H,4-5,8-9H2,1-3H3. The summed E-state index contributed by atoms with van der Waals surface area (Å²) >= 11 is 0. The highest BCUT2D eigenvalue weighted by atomic mass is 16.3. The van der Waals surface area contributed by atoms with E-state index in [1.807, 2.05) is 6.07 Å². The summed E-state index contributed by atoms with van der Waals surface area (Å²) in [6.07, 6.45) is 6.87. The van der Waals surface area contributed by atoms with Crippen LogP contribution in [0.2, 0.25) is 0 Å². The maximum Gasteiger partial charge on any atom is 0.120 e. The molecular weight excluding hydrogens is 210 g/mol. The average molecular weight is 235 g/mol. The van der Waals surface area contributed by atoms with Gasteiger partial charge in [0.15, 0.2) is 0 Å². The van der Waals surface area contributed by atoms with Crippen molar-refractivity contribution in [3.05, 3.63) is 24.2 Å². The molecule has 17 heavy (non-hydrogen) atoms. The van der Waals surface area contributed by atoms with Crippen LogP contribution >= 0.6 is 0 Å². The van der Waals surface area contributed by atoms with Crippen LogP contribution in [0.3, 0.4) is 0 Å². The maximum atomic E-state index is 5.52. The van der Waals surface area contributed by atoms with Gasteiger partial charge in [0.25, 0.3) is 0 Å². The van der Waals surface area contributed by atoms with Crippen LogP contribution in [0, 0.1) is 11.8 Å². The first kappa shape index (κ1) is 12.7. The normalized spacial score (nSPS) is 30.6. The predicted octanol–water partition coefficient (Wildman–Crippen LogP) is 4.15. The van der Waals surface area contributed by atoms with Gasteiger partial charge in [0.1, 0.15) is 5.76 Å². The molecule has 0 radical (unpaired) electrons. The van der Waals surface area contributed by atoms with Crippen molar-refractivity contribution in [3.8, 4) is 0 Å². The van der Waals surface area contributed by atoms with Crippen LogP contribution in [-0.4, -0.2) is 6.04 Å². The number of nitrogens with one attached hydrogen (secondary N) is 1. The van der Waals surface area contributed by atoms with Crippen molar-refractivity contribution in [2.75, 3.05) is 0 Å². The van der Waals surface area contributed by atoms with Gasteiger partial charge in [-0.25, -0.2) is 0 Å². The molecule has 1 saturated carbocycles. The molecule has 1 fully saturated rings. The molecule has 0 amide bonds. The third kappa shape index (κ3) is 2.74. The summed E-state index contributed by atoms with van der Waals surface area (Å²) in [5.41, 5.74) is 0. The summed E-state index contributed by atoms with van der Waals surface area (Å²) in [6, 6.07) is 5.10. The second kappa shape index (κ2) is 5.72. The predicted molar refractivity (Wildman–Crippen MR) is 70.8 cm³/mol. The number of rotatable bonds is 5. The van der Waals surface area contributed by atoms with Crippen molar-refractivity contribution in [2.45, 2.75) is 58.5 Å². The first-order valence-electron chi connectivity index (χ1n) is 7.05. The highest BCUT2D eigenvalue weighted by Crippen LogP contribution is 2.35. The fourth-order valence-corrected chi connectivity index (χ4v) is 3.21. The minimum absolute atomic E-state index is 0.382. The summed E-state index contributed by atoms with van der Waals surface area (Å²) in [4.78, 5) is 0. The van der Waals surface area contributed by atoms with E-state index in [4.69, 9.17) is 4.42 Å². The molecule has 96 valence electrons. The van der Waals surface area contributed by atoms with Gasteiger partial charge in [-0.2, -0.15) is 0 Å². The molecule has 0 spiro atoms. The lowest BCUT2D eigenvalue weighted by atomic mass is 9.93. The lowest BCUT2D eigenvalue weighted by Gasteiger charge is -2.25. The third-order valence-corrected chi connectivity index (χ3v) is 4.46. The summed E-state index contributed by atoms with van der Waals surface area (Å²) in [7, 11) is 0. The van der Waals surface area contributed by atoms with Crippen molar-refractivity contribution in [1.82, 2.24) is 5.32 Å². The Morgan fingerprint density at radius 3 is 2.76 bits per heavy atom. The van der Waals surface area contributed by atoms with Crippen LogP contribution in [0.15, 0.2) is 22.8 Å². The molecule has 4 atom stereocenters. The summed E-state index contributed by atoms with van der Waals surface area (Å²) in [6.45, 7) is 6.93. The molecule has 2 nitrogen and oxygen atoms in total. The highest BCUT2D eigenvalue weighted by Gasteiger charge is 2.32. The van der Waals surface area contributed by atoms with Crippen LogP contribution < -0.4 is 5.32 Å². The number of hydrogen-bond donors (Lipinski definition) is 1. The van der Waals surface area contributed by atoms with Gasteiger partial charge in [0, 0.05) is 6.04 Å². The molecule has 0 saturated heterocycles. The molecule has 1 heterocycles. The quantitative estimate of drug-likeness (QED) is 0.829. The molecule has 1 aliphatic rings. The van der Waals surface area contributed by atoms with Gasteiger partial charge in [-0.05, 0) is 43.2 Å². The third-order valence-electron chi connectivity index (χ3n) is 4.46. The van der Waals surface area contributed by atoms with Crippen molar-refractivity contribution < 1.29 is 4.42 Å². The fraction of sp³-hybridized carbons (Fsp3) is 0.733. The SMILES string of the molecule is CCC(NC1CCC(CC)C1C)c1ccco1. The first-order valence-corrected chi connectivity index (χ1v) is 7.05. The van der Waals surface area contributed by atoms with E-state index in [2.05, 4.69) is 32.2 Å². The lowest BCUT2D eigenvalue weighted by Crippen LogP contribution is -2.35. The summed E-state index contributed by atoms with van der Waals surface area (Å²) in [5, 5.41) is 3.79. The molecule has 1 N–H and O–H groups in total. The van der Waals surface area contributed by atoms with E-state index < -0.39 is 0 Å². The first-order chi connectivity index (χ1) is 8.26. The minimum atomic E-state index is 0.382. The van der Waals surface area contributed by atoms with Gasteiger partial charge in [-0.3, -0.25) is 0 Å². The lowest BCUT2D eigenvalue weighted by molar-refractivity contribution is 0.299. The zero-order valence-electron chi connectivity index (χ0n) is 11.3. The zero-order chi connectivity index (χ0) is 12.3. The van der Waals surface area contributed by atoms with Gasteiger partial charge < -0.3 is 9.73 Å². The molecule has 0 aliphatic heterocycles. The van der Waals surface area contributed by atoms with E-state index in [1.165, 1.54) is 19.3 Å². The van der Waals surface area contributed by atoms with Crippen LogP contribution in [0.4, 0.5) is 0 Å². The average Bonchev–Trinajstić information content (AvgIpc) is 2.96. The summed E-state index contributed by atoms with van der Waals surface area (Å²) < 4.78 is 5.52. The second-order valence-corrected chi connectivity index (χ2v) is 5.35. The van der Waals surface area contributed by atoms with Gasteiger partial charge in [-0.15, -0.1) is 0 Å². The topological polar surface area (TPSA) is 25.2 Å². The Labute approximate surface area is 105 Å². The van der Waals surface area contributed by atoms with Crippen molar-refractivity contribution in [3.63, 3.8) is 0 Å². The molecule has 1 aromatic heterocycles. The Kier molecular flexibility index (Phi) is 4.27. The smallest absolute Gasteiger partial charge is 0.120 e. The monoisotopic (exact) mass is 235 g/mol. The molecule has 1 aromatic rings. The summed E-state index contributed by atoms with van der Waals surface area (Å²) in [5.74, 6) is 2.78. The van der Waals surface area contributed by atoms with E-state index in [0.29, 0.717) is 12.1 Å². The number of furan rings is 1. The Bertz CT molecular complexity index is 320. The number of hydrogen-bond acceptors (Lipinski definition) is 2. The van der Waals surface area contributed by atoms with Crippen molar-refractivity contribution in [2.24, 2.45) is 11.8 Å². The Hall–Kier alpha value is -0.760. The van der Waals surface area contributed by atoms with Gasteiger partial charge in [-0.1, -0.05) is 27.2 Å². The Morgan fingerprint density at radius 2 is 2.24 bits per heavy atom. The second-order valence-electron chi connectivity index (χ2n) is 5.35. The largest absolute Gasteiger partial charge is 0.468 e. The zero-order valence-corrected chi connectivity index (χ0v) is 11.3. The highest BCUT2D eigenvalue weighted by molar-refractivity contribution is 5.05. The van der Waals surface area contributed by atoms with Crippen LogP contribution in [0.5, 0.6) is 0 Å². The van der Waals surface area contributed by atoms with E-state index in [9.17, 15) is 0 Å². The molecule has 0 aromatic carbocycles. The Balaban J connectivity index is 1.96. The molecule has 1 aliphatic carbocycles. The van der Waals surface area contributed by atoms with E-state index >= 15 is 0 Å². The van der Waals surface area contributed by atoms with Gasteiger partial charge in [0.2, 0.25) is 0 Å². The molecule has 0 bridgehead atoms.